The summed E-state index contributed by atoms with van der Waals surface area (Å²) in [4.78, 5) is 0. The number of hydrogen-bond acceptors (Lipinski definition) is 1. The molecule has 0 unspecified atom stereocenters. The number of nitrogens with one attached hydrogen (secondary N) is 1. The summed E-state index contributed by atoms with van der Waals surface area (Å²) in [5.41, 5.74) is 0.0211. The van der Waals surface area contributed by atoms with E-state index in [9.17, 15) is 26.3 Å². The Morgan fingerprint density at radius 3 is 1.86 bits per heavy atom. The molecule has 1 nitrogen and oxygen atoms in total. The molecule has 0 atom stereocenters. The lowest BCUT2D eigenvalue weighted by atomic mass is 9.89. The van der Waals surface area contributed by atoms with Crippen LogP contribution in [0.25, 0.3) is 0 Å². The van der Waals surface area contributed by atoms with E-state index in [1.54, 1.807) is 0 Å². The average molecular weight is 325 g/mol. The summed E-state index contributed by atoms with van der Waals surface area (Å²) >= 11 is 0. The van der Waals surface area contributed by atoms with Gasteiger partial charge in [-0.3, -0.25) is 0 Å². The first-order valence-electron chi connectivity index (χ1n) is 7.11. The van der Waals surface area contributed by atoms with Gasteiger partial charge in [0, 0.05) is 0 Å². The van der Waals surface area contributed by atoms with Crippen molar-refractivity contribution < 1.29 is 26.3 Å². The van der Waals surface area contributed by atoms with Gasteiger partial charge >= 0.3 is 12.4 Å². The molecule has 2 rings (SSSR count). The van der Waals surface area contributed by atoms with E-state index in [1.807, 2.05) is 0 Å². The van der Waals surface area contributed by atoms with E-state index in [0.717, 1.165) is 43.6 Å². The number of halogens is 6. The maximum absolute atomic E-state index is 12.6. The highest BCUT2D eigenvalue weighted by Gasteiger charge is 2.57. The highest BCUT2D eigenvalue weighted by atomic mass is 19.4. The lowest BCUT2D eigenvalue weighted by Gasteiger charge is -2.24. The van der Waals surface area contributed by atoms with Gasteiger partial charge < -0.3 is 5.32 Å². The summed E-state index contributed by atoms with van der Waals surface area (Å²) in [6.45, 7) is 1.79. The van der Waals surface area contributed by atoms with E-state index >= 15 is 0 Å². The van der Waals surface area contributed by atoms with Crippen LogP contribution >= 0.6 is 0 Å². The minimum Gasteiger partial charge on any atom is -0.317 e. The van der Waals surface area contributed by atoms with Gasteiger partial charge in [-0.1, -0.05) is 24.3 Å². The SMILES string of the molecule is FC(F)(F)C(c1ccc(CC2CCNCC2)cc1)C(F)(F)F. The smallest absolute Gasteiger partial charge is 0.317 e. The minimum atomic E-state index is -5.34. The van der Waals surface area contributed by atoms with Gasteiger partial charge in [0.15, 0.2) is 5.92 Å². The summed E-state index contributed by atoms with van der Waals surface area (Å²) in [7, 11) is 0. The van der Waals surface area contributed by atoms with E-state index in [2.05, 4.69) is 5.32 Å². The summed E-state index contributed by atoms with van der Waals surface area (Å²) in [6.07, 6.45) is -8.06. The lowest BCUT2D eigenvalue weighted by molar-refractivity contribution is -0.253. The number of piperidine rings is 1. The Morgan fingerprint density at radius 1 is 0.909 bits per heavy atom. The lowest BCUT2D eigenvalue weighted by Crippen LogP contribution is -2.34. The maximum Gasteiger partial charge on any atom is 0.404 e. The van der Waals surface area contributed by atoms with Crippen LogP contribution in [0.3, 0.4) is 0 Å². The van der Waals surface area contributed by atoms with Crippen molar-refractivity contribution >= 4 is 0 Å². The van der Waals surface area contributed by atoms with Gasteiger partial charge in [0.05, 0.1) is 0 Å². The quantitative estimate of drug-likeness (QED) is 0.810. The highest BCUT2D eigenvalue weighted by molar-refractivity contribution is 5.28. The Kier molecular flexibility index (Phi) is 5.04. The molecule has 1 aliphatic rings. The molecule has 124 valence electrons. The third-order valence-electron chi connectivity index (χ3n) is 3.95. The second-order valence-corrected chi connectivity index (χ2v) is 5.66. The van der Waals surface area contributed by atoms with Crippen LogP contribution < -0.4 is 5.32 Å². The molecule has 0 radical (unpaired) electrons. The van der Waals surface area contributed by atoms with Gasteiger partial charge in [0.25, 0.3) is 0 Å². The molecule has 1 saturated heterocycles. The molecule has 1 aromatic rings. The minimum absolute atomic E-state index is 0.424. The van der Waals surface area contributed by atoms with Crippen molar-refractivity contribution in [2.75, 3.05) is 13.1 Å². The molecule has 7 heteroatoms. The topological polar surface area (TPSA) is 12.0 Å². The van der Waals surface area contributed by atoms with Crippen molar-refractivity contribution in [3.63, 3.8) is 0 Å². The molecule has 1 heterocycles. The standard InChI is InChI=1S/C15H17F6N/c16-14(17,18)13(15(19,20)21)12-3-1-10(2-4-12)9-11-5-7-22-8-6-11/h1-4,11,13,22H,5-9H2. The molecule has 1 aliphatic heterocycles. The summed E-state index contributed by atoms with van der Waals surface area (Å²) in [5, 5.41) is 3.21. The van der Waals surface area contributed by atoms with Gasteiger partial charge in [-0.2, -0.15) is 26.3 Å². The van der Waals surface area contributed by atoms with E-state index in [-0.39, 0.29) is 0 Å². The fraction of sp³-hybridized carbons (Fsp3) is 0.600. The molecule has 1 aromatic carbocycles. The first-order chi connectivity index (χ1) is 10.2. The number of benzene rings is 1. The third-order valence-corrected chi connectivity index (χ3v) is 3.95. The van der Waals surface area contributed by atoms with Crippen molar-refractivity contribution in [1.82, 2.24) is 5.32 Å². The fourth-order valence-corrected chi connectivity index (χ4v) is 2.83. The van der Waals surface area contributed by atoms with Crippen molar-refractivity contribution in [2.45, 2.75) is 37.5 Å². The predicted octanol–water partition coefficient (Wildman–Crippen LogP) is 4.44. The average Bonchev–Trinajstić information content (AvgIpc) is 2.39. The normalized spacial score (nSPS) is 18.0. The maximum atomic E-state index is 12.6. The molecular weight excluding hydrogens is 308 g/mol. The van der Waals surface area contributed by atoms with Crippen LogP contribution in [0, 0.1) is 5.92 Å². The molecule has 0 amide bonds. The summed E-state index contributed by atoms with van der Waals surface area (Å²) in [6, 6.07) is 4.65. The van der Waals surface area contributed by atoms with Gasteiger partial charge in [-0.05, 0) is 49.4 Å². The number of alkyl halides is 6. The predicted molar refractivity (Wildman–Crippen MR) is 70.6 cm³/mol. The Bertz CT molecular complexity index is 456. The number of rotatable bonds is 3. The first kappa shape index (κ1) is 17.1. The van der Waals surface area contributed by atoms with E-state index < -0.39 is 23.8 Å². The van der Waals surface area contributed by atoms with Crippen molar-refractivity contribution in [2.24, 2.45) is 5.92 Å². The Labute approximate surface area is 124 Å². The van der Waals surface area contributed by atoms with Gasteiger partial charge in [-0.15, -0.1) is 0 Å². The van der Waals surface area contributed by atoms with Crippen LogP contribution in [0.2, 0.25) is 0 Å². The van der Waals surface area contributed by atoms with Crippen molar-refractivity contribution in [3.8, 4) is 0 Å². The van der Waals surface area contributed by atoms with Crippen molar-refractivity contribution in [3.05, 3.63) is 35.4 Å². The second-order valence-electron chi connectivity index (χ2n) is 5.66. The van der Waals surface area contributed by atoms with E-state index in [0.29, 0.717) is 12.3 Å². The van der Waals surface area contributed by atoms with Crippen LogP contribution in [-0.4, -0.2) is 25.4 Å². The summed E-state index contributed by atoms with van der Waals surface area (Å²) < 4.78 is 75.9. The molecule has 1 N–H and O–H groups in total. The van der Waals surface area contributed by atoms with Crippen LogP contribution in [0.15, 0.2) is 24.3 Å². The van der Waals surface area contributed by atoms with E-state index in [1.165, 1.54) is 12.1 Å². The molecule has 0 spiro atoms. The largest absolute Gasteiger partial charge is 0.404 e. The fourth-order valence-electron chi connectivity index (χ4n) is 2.83. The molecule has 0 saturated carbocycles. The zero-order chi connectivity index (χ0) is 16.4. The Morgan fingerprint density at radius 2 is 1.41 bits per heavy atom. The monoisotopic (exact) mass is 325 g/mol. The summed E-state index contributed by atoms with van der Waals surface area (Å²) in [5.74, 6) is -3.00. The molecule has 0 aliphatic carbocycles. The Hall–Kier alpha value is -1.24. The van der Waals surface area contributed by atoms with E-state index in [4.69, 9.17) is 0 Å². The van der Waals surface area contributed by atoms with Crippen LogP contribution in [0.4, 0.5) is 26.3 Å². The molecule has 22 heavy (non-hydrogen) atoms. The highest BCUT2D eigenvalue weighted by Crippen LogP contribution is 2.46. The van der Waals surface area contributed by atoms with Crippen molar-refractivity contribution in [1.29, 1.82) is 0 Å². The Balaban J connectivity index is 2.12. The van der Waals surface area contributed by atoms with Crippen LogP contribution in [0.5, 0.6) is 0 Å². The van der Waals surface area contributed by atoms with Crippen LogP contribution in [-0.2, 0) is 6.42 Å². The first-order valence-corrected chi connectivity index (χ1v) is 7.11. The third kappa shape index (κ3) is 4.38. The van der Waals surface area contributed by atoms with Gasteiger partial charge in [0.2, 0.25) is 0 Å². The number of hydrogen-bond donors (Lipinski definition) is 1. The van der Waals surface area contributed by atoms with Crippen LogP contribution in [0.1, 0.15) is 29.9 Å². The zero-order valence-electron chi connectivity index (χ0n) is 11.8. The van der Waals surface area contributed by atoms with Gasteiger partial charge in [-0.25, -0.2) is 0 Å². The zero-order valence-corrected chi connectivity index (χ0v) is 11.8. The molecule has 0 bridgehead atoms. The molecular formula is C15H17F6N. The molecule has 0 aromatic heterocycles. The second kappa shape index (κ2) is 6.48. The van der Waals surface area contributed by atoms with Gasteiger partial charge in [0.1, 0.15) is 0 Å². The molecule has 1 fully saturated rings.